The molecule has 2 aromatic heterocycles. The third-order valence-corrected chi connectivity index (χ3v) is 2.52. The van der Waals surface area contributed by atoms with Gasteiger partial charge in [0, 0.05) is 12.6 Å². The lowest BCUT2D eigenvalue weighted by Crippen LogP contribution is -2.10. The Morgan fingerprint density at radius 1 is 1.22 bits per heavy atom. The molecule has 0 amide bonds. The van der Waals surface area contributed by atoms with Crippen LogP contribution in [0, 0.1) is 0 Å². The van der Waals surface area contributed by atoms with E-state index >= 15 is 0 Å². The standard InChI is InChI=1S/C11H16N6O/c1-7(2)9-10(12-3)14-5-15-11(9)13-4-8-16-6-18-17-8/h5-7H,4H2,1-3H3,(H2,12,13,14,15). The van der Waals surface area contributed by atoms with Crippen molar-refractivity contribution in [1.82, 2.24) is 20.1 Å². The fraction of sp³-hybridized carbons (Fsp3) is 0.455. The molecule has 2 N–H and O–H groups in total. The highest BCUT2D eigenvalue weighted by Gasteiger charge is 2.14. The van der Waals surface area contributed by atoms with E-state index in [-0.39, 0.29) is 0 Å². The van der Waals surface area contributed by atoms with Crippen LogP contribution in [-0.4, -0.2) is 27.2 Å². The second kappa shape index (κ2) is 5.44. The quantitative estimate of drug-likeness (QED) is 0.831. The van der Waals surface area contributed by atoms with E-state index in [1.54, 1.807) is 0 Å². The van der Waals surface area contributed by atoms with Gasteiger partial charge in [-0.1, -0.05) is 19.0 Å². The first-order valence-corrected chi connectivity index (χ1v) is 5.74. The van der Waals surface area contributed by atoms with Gasteiger partial charge in [-0.05, 0) is 5.92 Å². The third-order valence-electron chi connectivity index (χ3n) is 2.52. The fourth-order valence-electron chi connectivity index (χ4n) is 1.72. The van der Waals surface area contributed by atoms with Gasteiger partial charge in [-0.25, -0.2) is 9.97 Å². The van der Waals surface area contributed by atoms with Crippen LogP contribution in [0.25, 0.3) is 0 Å². The smallest absolute Gasteiger partial charge is 0.213 e. The molecule has 96 valence electrons. The van der Waals surface area contributed by atoms with Gasteiger partial charge in [-0.2, -0.15) is 4.98 Å². The van der Waals surface area contributed by atoms with E-state index in [0.717, 1.165) is 17.2 Å². The summed E-state index contributed by atoms with van der Waals surface area (Å²) in [7, 11) is 1.84. The molecule has 0 atom stereocenters. The minimum atomic E-state index is 0.307. The highest BCUT2D eigenvalue weighted by Crippen LogP contribution is 2.27. The Balaban J connectivity index is 2.21. The summed E-state index contributed by atoms with van der Waals surface area (Å²) in [6.45, 7) is 4.66. The lowest BCUT2D eigenvalue weighted by Gasteiger charge is -2.15. The molecule has 0 fully saturated rings. The van der Waals surface area contributed by atoms with Crippen molar-refractivity contribution in [3.05, 3.63) is 24.1 Å². The minimum absolute atomic E-state index is 0.307. The van der Waals surface area contributed by atoms with Crippen LogP contribution >= 0.6 is 0 Å². The SMILES string of the molecule is CNc1ncnc(NCc2ncon2)c1C(C)C. The lowest BCUT2D eigenvalue weighted by atomic mass is 10.0. The van der Waals surface area contributed by atoms with Gasteiger partial charge in [0.15, 0.2) is 5.82 Å². The van der Waals surface area contributed by atoms with Crippen LogP contribution in [0.1, 0.15) is 31.2 Å². The van der Waals surface area contributed by atoms with Crippen molar-refractivity contribution < 1.29 is 4.52 Å². The average molecular weight is 248 g/mol. The predicted molar refractivity (Wildman–Crippen MR) is 67.3 cm³/mol. The van der Waals surface area contributed by atoms with Crippen LogP contribution in [0.15, 0.2) is 17.2 Å². The topological polar surface area (TPSA) is 88.8 Å². The van der Waals surface area contributed by atoms with Gasteiger partial charge in [0.2, 0.25) is 6.39 Å². The van der Waals surface area contributed by atoms with Crippen LogP contribution < -0.4 is 10.6 Å². The first-order chi connectivity index (χ1) is 8.72. The monoisotopic (exact) mass is 248 g/mol. The Hall–Kier alpha value is -2.18. The second-order valence-corrected chi connectivity index (χ2v) is 4.09. The Morgan fingerprint density at radius 3 is 2.61 bits per heavy atom. The zero-order valence-corrected chi connectivity index (χ0v) is 10.6. The number of nitrogens with zero attached hydrogens (tertiary/aromatic N) is 4. The molecule has 0 aromatic carbocycles. The molecule has 0 aliphatic heterocycles. The summed E-state index contributed by atoms with van der Waals surface area (Å²) in [5.41, 5.74) is 1.04. The Labute approximate surface area is 105 Å². The molecular weight excluding hydrogens is 232 g/mol. The average Bonchev–Trinajstić information content (AvgIpc) is 2.88. The second-order valence-electron chi connectivity index (χ2n) is 4.09. The molecule has 7 nitrogen and oxygen atoms in total. The molecule has 0 aliphatic carbocycles. The van der Waals surface area contributed by atoms with E-state index in [2.05, 4.69) is 49.1 Å². The van der Waals surface area contributed by atoms with Crippen LogP contribution in [0.5, 0.6) is 0 Å². The van der Waals surface area contributed by atoms with Crippen molar-refractivity contribution in [2.75, 3.05) is 17.7 Å². The third kappa shape index (κ3) is 2.55. The number of anilines is 2. The molecule has 0 aliphatic rings. The maximum absolute atomic E-state index is 4.68. The van der Waals surface area contributed by atoms with E-state index in [4.69, 9.17) is 0 Å². The Bertz CT molecular complexity index is 496. The summed E-state index contributed by atoms with van der Waals surface area (Å²) in [5.74, 6) is 2.51. The van der Waals surface area contributed by atoms with E-state index in [9.17, 15) is 0 Å². The van der Waals surface area contributed by atoms with E-state index in [1.807, 2.05) is 7.05 Å². The van der Waals surface area contributed by atoms with Crippen LogP contribution in [0.3, 0.4) is 0 Å². The van der Waals surface area contributed by atoms with Gasteiger partial charge in [0.05, 0.1) is 6.54 Å². The summed E-state index contributed by atoms with van der Waals surface area (Å²) in [5, 5.41) is 10.0. The zero-order chi connectivity index (χ0) is 13.0. The van der Waals surface area contributed by atoms with Crippen molar-refractivity contribution in [3.8, 4) is 0 Å². The number of hydrogen-bond donors (Lipinski definition) is 2. The van der Waals surface area contributed by atoms with Crippen LogP contribution in [-0.2, 0) is 6.54 Å². The summed E-state index contributed by atoms with van der Waals surface area (Å²) < 4.78 is 4.68. The fourth-order valence-corrected chi connectivity index (χ4v) is 1.72. The van der Waals surface area contributed by atoms with Gasteiger partial charge in [0.25, 0.3) is 0 Å². The highest BCUT2D eigenvalue weighted by molar-refractivity contribution is 5.58. The summed E-state index contributed by atoms with van der Waals surface area (Å²) in [6.07, 6.45) is 2.83. The van der Waals surface area contributed by atoms with Gasteiger partial charge in [-0.3, -0.25) is 0 Å². The van der Waals surface area contributed by atoms with Crippen molar-refractivity contribution in [2.24, 2.45) is 0 Å². The molecule has 0 bridgehead atoms. The van der Waals surface area contributed by atoms with Gasteiger partial charge in [-0.15, -0.1) is 0 Å². The first-order valence-electron chi connectivity index (χ1n) is 5.74. The predicted octanol–water partition coefficient (Wildman–Crippen LogP) is 1.64. The maximum Gasteiger partial charge on any atom is 0.213 e. The van der Waals surface area contributed by atoms with Gasteiger partial charge >= 0.3 is 0 Å². The molecule has 0 unspecified atom stereocenters. The molecule has 2 rings (SSSR count). The van der Waals surface area contributed by atoms with Crippen LogP contribution in [0.2, 0.25) is 0 Å². The molecule has 2 heterocycles. The number of rotatable bonds is 5. The molecule has 0 saturated heterocycles. The maximum atomic E-state index is 4.68. The van der Waals surface area contributed by atoms with E-state index < -0.39 is 0 Å². The molecule has 18 heavy (non-hydrogen) atoms. The Kier molecular flexibility index (Phi) is 3.71. The van der Waals surface area contributed by atoms with Gasteiger partial charge in [0.1, 0.15) is 18.0 Å². The molecule has 0 saturated carbocycles. The van der Waals surface area contributed by atoms with Crippen molar-refractivity contribution in [3.63, 3.8) is 0 Å². The van der Waals surface area contributed by atoms with Crippen molar-refractivity contribution in [2.45, 2.75) is 26.3 Å². The Morgan fingerprint density at radius 2 is 2.00 bits per heavy atom. The van der Waals surface area contributed by atoms with Crippen molar-refractivity contribution in [1.29, 1.82) is 0 Å². The molecular formula is C11H16N6O. The first kappa shape index (κ1) is 12.3. The number of hydrogen-bond acceptors (Lipinski definition) is 7. The largest absolute Gasteiger partial charge is 0.373 e. The van der Waals surface area contributed by atoms with E-state index in [0.29, 0.717) is 18.3 Å². The molecule has 7 heteroatoms. The van der Waals surface area contributed by atoms with Crippen LogP contribution in [0.4, 0.5) is 11.6 Å². The normalized spacial score (nSPS) is 10.7. The number of aromatic nitrogens is 4. The lowest BCUT2D eigenvalue weighted by molar-refractivity contribution is 0.411. The summed E-state index contributed by atoms with van der Waals surface area (Å²) in [6, 6.07) is 0. The summed E-state index contributed by atoms with van der Waals surface area (Å²) >= 11 is 0. The summed E-state index contributed by atoms with van der Waals surface area (Å²) in [4.78, 5) is 12.4. The zero-order valence-electron chi connectivity index (χ0n) is 10.6. The molecule has 0 radical (unpaired) electrons. The molecule has 2 aromatic rings. The number of nitrogens with one attached hydrogen (secondary N) is 2. The van der Waals surface area contributed by atoms with Gasteiger partial charge < -0.3 is 15.2 Å². The van der Waals surface area contributed by atoms with E-state index in [1.165, 1.54) is 12.7 Å². The molecule has 0 spiro atoms. The minimum Gasteiger partial charge on any atom is -0.373 e. The van der Waals surface area contributed by atoms with Crippen molar-refractivity contribution >= 4 is 11.6 Å². The highest BCUT2D eigenvalue weighted by atomic mass is 16.5.